The van der Waals surface area contributed by atoms with Crippen LogP contribution in [0.2, 0.25) is 0 Å². The van der Waals surface area contributed by atoms with E-state index in [0.717, 1.165) is 0 Å². The SMILES string of the molecule is N.N.O=S(=O)([O-])O.[Na+]. The average molecular weight is 154 g/mol. The molecule has 0 atom stereocenters. The molecule has 0 radical (unpaired) electrons. The van der Waals surface area contributed by atoms with Crippen molar-refractivity contribution in [1.82, 2.24) is 12.3 Å². The molecule has 0 aliphatic heterocycles. The molecule has 0 saturated carbocycles. The Morgan fingerprint density at radius 2 is 1.25 bits per heavy atom. The molecule has 8 heavy (non-hydrogen) atoms. The first kappa shape index (κ1) is 23.2. The smallest absolute Gasteiger partial charge is 0.726 e. The van der Waals surface area contributed by atoms with Gasteiger partial charge in [-0.25, -0.2) is 8.42 Å². The van der Waals surface area contributed by atoms with Crippen molar-refractivity contribution in [3.8, 4) is 0 Å². The summed E-state index contributed by atoms with van der Waals surface area (Å²) >= 11 is 0. The Bertz CT molecular complexity index is 97.2. The van der Waals surface area contributed by atoms with Crippen LogP contribution in [0.5, 0.6) is 0 Å². The van der Waals surface area contributed by atoms with Crippen LogP contribution in [0.4, 0.5) is 0 Å². The number of hydrogen-bond acceptors (Lipinski definition) is 5. The van der Waals surface area contributed by atoms with Gasteiger partial charge >= 0.3 is 29.6 Å². The minimum Gasteiger partial charge on any atom is -0.726 e. The Morgan fingerprint density at radius 3 is 1.25 bits per heavy atom. The Hall–Kier alpha value is 0.790. The van der Waals surface area contributed by atoms with E-state index in [4.69, 9.17) is 17.5 Å². The molecule has 0 rings (SSSR count). The van der Waals surface area contributed by atoms with Crippen LogP contribution in [0.3, 0.4) is 0 Å². The average Bonchev–Trinajstić information content (AvgIpc) is 0.722. The van der Waals surface area contributed by atoms with Gasteiger partial charge in [-0.3, -0.25) is 4.55 Å². The Balaban J connectivity index is -0.0000000267. The quantitative estimate of drug-likeness (QED) is 0.186. The van der Waals surface area contributed by atoms with Gasteiger partial charge in [0, 0.05) is 0 Å². The molecule has 0 unspecified atom stereocenters. The zero-order valence-electron chi connectivity index (χ0n) is 4.49. The Kier molecular flexibility index (Phi) is 22.6. The van der Waals surface area contributed by atoms with Gasteiger partial charge in [0.05, 0.1) is 0 Å². The van der Waals surface area contributed by atoms with Crippen molar-refractivity contribution in [1.29, 1.82) is 0 Å². The van der Waals surface area contributed by atoms with Crippen molar-refractivity contribution >= 4 is 10.4 Å². The molecule has 0 bridgehead atoms. The molecule has 0 aliphatic carbocycles. The molecule has 6 nitrogen and oxygen atoms in total. The summed E-state index contributed by atoms with van der Waals surface area (Å²) in [5.41, 5.74) is 0. The minimum atomic E-state index is -4.92. The fraction of sp³-hybridized carbons (Fsp3) is 0. The van der Waals surface area contributed by atoms with Crippen LogP contribution in [-0.2, 0) is 10.4 Å². The van der Waals surface area contributed by atoms with E-state index in [1.807, 2.05) is 0 Å². The summed E-state index contributed by atoms with van der Waals surface area (Å²) in [4.78, 5) is 0. The molecule has 0 amide bonds. The summed E-state index contributed by atoms with van der Waals surface area (Å²) in [6, 6.07) is 0. The van der Waals surface area contributed by atoms with Gasteiger partial charge in [-0.1, -0.05) is 0 Å². The van der Waals surface area contributed by atoms with Crippen LogP contribution in [0.15, 0.2) is 0 Å². The van der Waals surface area contributed by atoms with E-state index in [1.165, 1.54) is 0 Å². The molecule has 0 aromatic heterocycles. The summed E-state index contributed by atoms with van der Waals surface area (Å²) in [7, 11) is -4.92. The summed E-state index contributed by atoms with van der Waals surface area (Å²) in [5, 5.41) is 0. The summed E-state index contributed by atoms with van der Waals surface area (Å²) < 4.78 is 32.8. The maximum atomic E-state index is 8.63. The van der Waals surface area contributed by atoms with Gasteiger partial charge in [-0.2, -0.15) is 0 Å². The van der Waals surface area contributed by atoms with E-state index in [1.54, 1.807) is 0 Å². The van der Waals surface area contributed by atoms with Crippen molar-refractivity contribution < 1.29 is 47.1 Å². The van der Waals surface area contributed by atoms with Gasteiger partial charge in [-0.05, 0) is 0 Å². The van der Waals surface area contributed by atoms with E-state index in [9.17, 15) is 0 Å². The molecule has 0 aromatic carbocycles. The van der Waals surface area contributed by atoms with E-state index in [0.29, 0.717) is 0 Å². The van der Waals surface area contributed by atoms with Crippen molar-refractivity contribution in [3.05, 3.63) is 0 Å². The van der Waals surface area contributed by atoms with Crippen LogP contribution in [0, 0.1) is 0 Å². The van der Waals surface area contributed by atoms with Crippen LogP contribution >= 0.6 is 0 Å². The summed E-state index contributed by atoms with van der Waals surface area (Å²) in [6.07, 6.45) is 0. The molecule has 8 heteroatoms. The summed E-state index contributed by atoms with van der Waals surface area (Å²) in [6.45, 7) is 0. The predicted molar refractivity (Wildman–Crippen MR) is 22.4 cm³/mol. The number of rotatable bonds is 0. The second-order valence-corrected chi connectivity index (χ2v) is 1.28. The third kappa shape index (κ3) is 365. The molecular weight excluding hydrogens is 147 g/mol. The minimum absolute atomic E-state index is 0. The number of hydrogen-bond donors (Lipinski definition) is 3. The van der Waals surface area contributed by atoms with E-state index in [2.05, 4.69) is 0 Å². The van der Waals surface area contributed by atoms with Gasteiger partial charge in [0.25, 0.3) is 0 Å². The monoisotopic (exact) mass is 154 g/mol. The van der Waals surface area contributed by atoms with Gasteiger partial charge in [0.2, 0.25) is 10.4 Å². The van der Waals surface area contributed by atoms with Crippen LogP contribution in [0.25, 0.3) is 0 Å². The molecule has 0 aliphatic rings. The molecule has 0 spiro atoms. The maximum Gasteiger partial charge on any atom is 1.00 e. The molecule has 48 valence electrons. The third-order valence-corrected chi connectivity index (χ3v) is 0. The first-order chi connectivity index (χ1) is 2.00. The molecule has 0 heterocycles. The molecule has 0 fully saturated rings. The normalized spacial score (nSPS) is 7.25. The molecule has 7 N–H and O–H groups in total. The van der Waals surface area contributed by atoms with E-state index >= 15 is 0 Å². The molecular formula is H7N2NaO4S. The van der Waals surface area contributed by atoms with Crippen molar-refractivity contribution in [3.63, 3.8) is 0 Å². The predicted octanol–water partition coefficient (Wildman–Crippen LogP) is -3.67. The van der Waals surface area contributed by atoms with Crippen molar-refractivity contribution in [2.75, 3.05) is 0 Å². The van der Waals surface area contributed by atoms with Crippen molar-refractivity contribution in [2.45, 2.75) is 0 Å². The van der Waals surface area contributed by atoms with Crippen molar-refractivity contribution in [2.24, 2.45) is 0 Å². The van der Waals surface area contributed by atoms with Gasteiger partial charge < -0.3 is 16.9 Å². The van der Waals surface area contributed by atoms with Gasteiger partial charge in [-0.15, -0.1) is 0 Å². The van der Waals surface area contributed by atoms with E-state index < -0.39 is 10.4 Å². The zero-order chi connectivity index (χ0) is 4.50. The first-order valence-electron chi connectivity index (χ1n) is 0.683. The first-order valence-corrected chi connectivity index (χ1v) is 2.05. The van der Waals surface area contributed by atoms with Crippen LogP contribution < -0.4 is 41.9 Å². The zero-order valence-corrected chi connectivity index (χ0v) is 7.31. The second kappa shape index (κ2) is 7.79. The topological polar surface area (TPSA) is 147 Å². The standard InChI is InChI=1S/2H3N.Na.H2O4S/c;;;1-5(2,3)4/h2*1H3;;(H2,1,2,3,4)/q;;+1;/p-1. The fourth-order valence-corrected chi connectivity index (χ4v) is 0. The van der Waals surface area contributed by atoms with E-state index in [-0.39, 0.29) is 41.9 Å². The largest absolute Gasteiger partial charge is 1.00 e. The second-order valence-electron chi connectivity index (χ2n) is 0.428. The molecule has 0 saturated heterocycles. The third-order valence-electron chi connectivity index (χ3n) is 0. The Morgan fingerprint density at radius 1 is 1.25 bits per heavy atom. The van der Waals surface area contributed by atoms with Crippen LogP contribution in [0.1, 0.15) is 0 Å². The molecule has 0 aromatic rings. The Labute approximate surface area is 69.7 Å². The van der Waals surface area contributed by atoms with Crippen LogP contribution in [-0.4, -0.2) is 17.5 Å². The maximum absolute atomic E-state index is 8.63. The summed E-state index contributed by atoms with van der Waals surface area (Å²) in [5.74, 6) is 0. The van der Waals surface area contributed by atoms with Gasteiger partial charge in [0.15, 0.2) is 0 Å². The van der Waals surface area contributed by atoms with Gasteiger partial charge in [0.1, 0.15) is 0 Å². The fourth-order valence-electron chi connectivity index (χ4n) is 0.